The van der Waals surface area contributed by atoms with Crippen molar-refractivity contribution in [3.63, 3.8) is 0 Å². The van der Waals surface area contributed by atoms with Crippen molar-refractivity contribution < 1.29 is 0 Å². The third-order valence-corrected chi connectivity index (χ3v) is 3.80. The number of nitrogens with one attached hydrogen (secondary N) is 1. The Morgan fingerprint density at radius 2 is 2.19 bits per heavy atom. The molecule has 2 saturated carbocycles. The lowest BCUT2D eigenvalue weighted by atomic mass is 10.1. The van der Waals surface area contributed by atoms with Crippen LogP contribution in [0.15, 0.2) is 6.20 Å². The molecule has 3 heteroatoms. The Kier molecular flexibility index (Phi) is 2.41. The molecule has 1 heterocycles. The van der Waals surface area contributed by atoms with Crippen molar-refractivity contribution in [2.24, 2.45) is 11.8 Å². The SMILES string of the molecule is Cc1cn(C2CC2)c(NCC(C)C2CC2)n1. The second kappa shape index (κ2) is 3.79. The maximum absolute atomic E-state index is 4.58. The van der Waals surface area contributed by atoms with Crippen LogP contribution in [0.25, 0.3) is 0 Å². The van der Waals surface area contributed by atoms with Gasteiger partial charge in [0.15, 0.2) is 0 Å². The normalized spacial score (nSPS) is 22.1. The van der Waals surface area contributed by atoms with Gasteiger partial charge >= 0.3 is 0 Å². The molecule has 0 aromatic carbocycles. The van der Waals surface area contributed by atoms with E-state index in [1.165, 1.54) is 25.7 Å². The summed E-state index contributed by atoms with van der Waals surface area (Å²) < 4.78 is 2.33. The molecular formula is C13H21N3. The summed E-state index contributed by atoms with van der Waals surface area (Å²) in [6.07, 6.45) is 7.69. The fourth-order valence-electron chi connectivity index (χ4n) is 2.36. The molecule has 0 spiro atoms. The summed E-state index contributed by atoms with van der Waals surface area (Å²) in [5.41, 5.74) is 1.13. The molecule has 0 amide bonds. The summed E-state index contributed by atoms with van der Waals surface area (Å²) in [7, 11) is 0. The van der Waals surface area contributed by atoms with E-state index >= 15 is 0 Å². The molecule has 88 valence electrons. The van der Waals surface area contributed by atoms with E-state index in [-0.39, 0.29) is 0 Å². The molecule has 0 radical (unpaired) electrons. The second-order valence-electron chi connectivity index (χ2n) is 5.54. The van der Waals surface area contributed by atoms with Crippen LogP contribution in [0.1, 0.15) is 44.3 Å². The average molecular weight is 219 g/mol. The van der Waals surface area contributed by atoms with Crippen LogP contribution in [0, 0.1) is 18.8 Å². The van der Waals surface area contributed by atoms with E-state index in [9.17, 15) is 0 Å². The van der Waals surface area contributed by atoms with Gasteiger partial charge in [0.05, 0.1) is 5.69 Å². The first-order valence-electron chi connectivity index (χ1n) is 6.53. The standard InChI is InChI=1S/C13H21N3/c1-9(11-3-4-11)7-14-13-15-10(2)8-16(13)12-5-6-12/h8-9,11-12H,3-7H2,1-2H3,(H,14,15). The average Bonchev–Trinajstić information content (AvgIpc) is 3.13. The topological polar surface area (TPSA) is 29.9 Å². The van der Waals surface area contributed by atoms with Gasteiger partial charge in [-0.3, -0.25) is 0 Å². The Balaban J connectivity index is 1.63. The van der Waals surface area contributed by atoms with E-state index < -0.39 is 0 Å². The third-order valence-electron chi connectivity index (χ3n) is 3.80. The van der Waals surface area contributed by atoms with Gasteiger partial charge in [-0.2, -0.15) is 0 Å². The molecule has 1 aromatic heterocycles. The molecule has 1 unspecified atom stereocenters. The molecule has 2 aliphatic rings. The van der Waals surface area contributed by atoms with Crippen LogP contribution < -0.4 is 5.32 Å². The first-order valence-corrected chi connectivity index (χ1v) is 6.53. The highest BCUT2D eigenvalue weighted by Gasteiger charge is 2.29. The highest BCUT2D eigenvalue weighted by Crippen LogP contribution is 2.38. The molecule has 2 aliphatic carbocycles. The van der Waals surface area contributed by atoms with Crippen LogP contribution in [-0.4, -0.2) is 16.1 Å². The first kappa shape index (κ1) is 10.2. The lowest BCUT2D eigenvalue weighted by Gasteiger charge is -2.13. The van der Waals surface area contributed by atoms with Gasteiger partial charge in [0, 0.05) is 18.8 Å². The van der Waals surface area contributed by atoms with Crippen molar-refractivity contribution >= 4 is 5.95 Å². The predicted molar refractivity (Wildman–Crippen MR) is 65.6 cm³/mol. The maximum Gasteiger partial charge on any atom is 0.203 e. The minimum absolute atomic E-state index is 0.722. The molecule has 1 N–H and O–H groups in total. The molecule has 0 aliphatic heterocycles. The van der Waals surface area contributed by atoms with E-state index in [0.29, 0.717) is 0 Å². The first-order chi connectivity index (χ1) is 7.74. The van der Waals surface area contributed by atoms with Crippen molar-refractivity contribution in [2.45, 2.75) is 45.6 Å². The minimum atomic E-state index is 0.722. The molecule has 3 nitrogen and oxygen atoms in total. The zero-order valence-corrected chi connectivity index (χ0v) is 10.2. The molecule has 2 fully saturated rings. The maximum atomic E-state index is 4.58. The summed E-state index contributed by atoms with van der Waals surface area (Å²) in [6, 6.07) is 0.722. The van der Waals surface area contributed by atoms with Crippen LogP contribution in [0.4, 0.5) is 5.95 Å². The molecule has 1 aromatic rings. The molecular weight excluding hydrogens is 198 g/mol. The van der Waals surface area contributed by atoms with Gasteiger partial charge < -0.3 is 9.88 Å². The van der Waals surface area contributed by atoms with Gasteiger partial charge in [0.1, 0.15) is 0 Å². The van der Waals surface area contributed by atoms with Gasteiger partial charge in [0.2, 0.25) is 5.95 Å². The second-order valence-corrected chi connectivity index (χ2v) is 5.54. The summed E-state index contributed by atoms with van der Waals surface area (Å²) in [5.74, 6) is 2.86. The van der Waals surface area contributed by atoms with Crippen molar-refractivity contribution in [3.05, 3.63) is 11.9 Å². The predicted octanol–water partition coefficient (Wildman–Crippen LogP) is 2.98. The Bertz CT molecular complexity index is 375. The molecule has 0 saturated heterocycles. The molecule has 3 rings (SSSR count). The third kappa shape index (κ3) is 2.08. The smallest absolute Gasteiger partial charge is 0.203 e. The van der Waals surface area contributed by atoms with Crippen LogP contribution >= 0.6 is 0 Å². The van der Waals surface area contributed by atoms with Crippen LogP contribution in [0.2, 0.25) is 0 Å². The highest BCUT2D eigenvalue weighted by atomic mass is 15.2. The Morgan fingerprint density at radius 3 is 2.81 bits per heavy atom. The fourth-order valence-corrected chi connectivity index (χ4v) is 2.36. The number of aromatic nitrogens is 2. The Morgan fingerprint density at radius 1 is 1.44 bits per heavy atom. The summed E-state index contributed by atoms with van der Waals surface area (Å²) in [5, 5.41) is 3.53. The Hall–Kier alpha value is -0.990. The van der Waals surface area contributed by atoms with E-state index in [0.717, 1.165) is 36.1 Å². The van der Waals surface area contributed by atoms with Crippen molar-refractivity contribution in [3.8, 4) is 0 Å². The number of hydrogen-bond acceptors (Lipinski definition) is 2. The summed E-state index contributed by atoms with van der Waals surface area (Å²) in [6.45, 7) is 5.50. The number of imidazole rings is 1. The monoisotopic (exact) mass is 219 g/mol. The largest absolute Gasteiger partial charge is 0.355 e. The highest BCUT2D eigenvalue weighted by molar-refractivity contribution is 5.30. The number of anilines is 1. The van der Waals surface area contributed by atoms with Gasteiger partial charge in [0.25, 0.3) is 0 Å². The zero-order valence-electron chi connectivity index (χ0n) is 10.2. The van der Waals surface area contributed by atoms with Crippen LogP contribution in [-0.2, 0) is 0 Å². The van der Waals surface area contributed by atoms with Gasteiger partial charge in [-0.05, 0) is 44.4 Å². The van der Waals surface area contributed by atoms with E-state index in [2.05, 4.69) is 34.9 Å². The lowest BCUT2D eigenvalue weighted by Crippen LogP contribution is -2.15. The van der Waals surface area contributed by atoms with E-state index in [4.69, 9.17) is 0 Å². The number of hydrogen-bond donors (Lipinski definition) is 1. The fraction of sp³-hybridized carbons (Fsp3) is 0.769. The molecule has 0 bridgehead atoms. The van der Waals surface area contributed by atoms with E-state index in [1.807, 2.05) is 0 Å². The van der Waals surface area contributed by atoms with Gasteiger partial charge in [-0.15, -0.1) is 0 Å². The number of rotatable bonds is 5. The minimum Gasteiger partial charge on any atom is -0.355 e. The lowest BCUT2D eigenvalue weighted by molar-refractivity contribution is 0.533. The van der Waals surface area contributed by atoms with E-state index in [1.54, 1.807) is 0 Å². The van der Waals surface area contributed by atoms with Crippen molar-refractivity contribution in [1.29, 1.82) is 0 Å². The quantitative estimate of drug-likeness (QED) is 0.825. The van der Waals surface area contributed by atoms with Gasteiger partial charge in [-0.1, -0.05) is 6.92 Å². The molecule has 16 heavy (non-hydrogen) atoms. The van der Waals surface area contributed by atoms with Crippen LogP contribution in [0.3, 0.4) is 0 Å². The van der Waals surface area contributed by atoms with Crippen molar-refractivity contribution in [2.75, 3.05) is 11.9 Å². The van der Waals surface area contributed by atoms with Gasteiger partial charge in [-0.25, -0.2) is 4.98 Å². The Labute approximate surface area is 97.3 Å². The summed E-state index contributed by atoms with van der Waals surface area (Å²) >= 11 is 0. The summed E-state index contributed by atoms with van der Waals surface area (Å²) in [4.78, 5) is 4.58. The number of aryl methyl sites for hydroxylation is 1. The van der Waals surface area contributed by atoms with Crippen molar-refractivity contribution in [1.82, 2.24) is 9.55 Å². The zero-order chi connectivity index (χ0) is 11.1. The van der Waals surface area contributed by atoms with Crippen LogP contribution in [0.5, 0.6) is 0 Å². The molecule has 1 atom stereocenters. The number of nitrogens with zero attached hydrogens (tertiary/aromatic N) is 2.